The number of carbonyl (C=O) groups excluding carboxylic acids is 2. The fourth-order valence-electron chi connectivity index (χ4n) is 4.34. The van der Waals surface area contributed by atoms with Crippen LogP contribution in [0.5, 0.6) is 0 Å². The maximum atomic E-state index is 12.9. The zero-order chi connectivity index (χ0) is 17.3. The molecule has 1 aromatic heterocycles. The van der Waals surface area contributed by atoms with Crippen LogP contribution in [-0.4, -0.2) is 28.6 Å². The number of carbonyl (C=O) groups is 2. The summed E-state index contributed by atoms with van der Waals surface area (Å²) in [4.78, 5) is 27.0. The normalized spacial score (nSPS) is 30.4. The fourth-order valence-corrected chi connectivity index (χ4v) is 4.84. The standard InChI is InChI=1S/C18H14Cl2N2O3/c19-9-8-12(10(20)7-11(9)21-5-1-2-6-21)22-17(23)15-13-3-4-14(25-13)16(15)18(22)24/h1-2,5-8,13-16H,3-4H2. The van der Waals surface area contributed by atoms with Gasteiger partial charge in [-0.25, -0.2) is 4.90 Å². The molecule has 3 fully saturated rings. The second-order valence-electron chi connectivity index (χ2n) is 6.70. The molecule has 0 saturated carbocycles. The summed E-state index contributed by atoms with van der Waals surface area (Å²) in [5, 5.41) is 0.746. The summed E-state index contributed by atoms with van der Waals surface area (Å²) in [5.74, 6) is -1.22. The number of anilines is 1. The van der Waals surface area contributed by atoms with E-state index in [4.69, 9.17) is 27.9 Å². The van der Waals surface area contributed by atoms with Gasteiger partial charge in [-0.15, -0.1) is 0 Å². The lowest BCUT2D eigenvalue weighted by Gasteiger charge is -2.20. The molecule has 1 aromatic carbocycles. The first kappa shape index (κ1) is 15.4. The Morgan fingerprint density at radius 1 is 0.880 bits per heavy atom. The summed E-state index contributed by atoms with van der Waals surface area (Å²) in [6.45, 7) is 0. The maximum absolute atomic E-state index is 12.9. The molecule has 0 aliphatic carbocycles. The smallest absolute Gasteiger partial charge is 0.240 e. The van der Waals surface area contributed by atoms with Gasteiger partial charge in [0.2, 0.25) is 11.8 Å². The van der Waals surface area contributed by atoms with Crippen molar-refractivity contribution in [2.45, 2.75) is 25.0 Å². The number of nitrogens with zero attached hydrogens (tertiary/aromatic N) is 2. The van der Waals surface area contributed by atoms with Gasteiger partial charge in [-0.2, -0.15) is 0 Å². The van der Waals surface area contributed by atoms with E-state index < -0.39 is 0 Å². The van der Waals surface area contributed by atoms with Crippen LogP contribution in [0.4, 0.5) is 5.69 Å². The molecule has 25 heavy (non-hydrogen) atoms. The third-order valence-corrected chi connectivity index (χ3v) is 6.03. The van der Waals surface area contributed by atoms with Crippen molar-refractivity contribution >= 4 is 40.7 Å². The van der Waals surface area contributed by atoms with E-state index in [9.17, 15) is 9.59 Å². The van der Waals surface area contributed by atoms with E-state index in [1.807, 2.05) is 29.1 Å². The van der Waals surface area contributed by atoms with Crippen LogP contribution in [-0.2, 0) is 14.3 Å². The lowest BCUT2D eigenvalue weighted by molar-refractivity contribution is -0.124. The number of aromatic nitrogens is 1. The van der Waals surface area contributed by atoms with E-state index in [1.54, 1.807) is 12.1 Å². The van der Waals surface area contributed by atoms with Crippen molar-refractivity contribution in [3.63, 3.8) is 0 Å². The lowest BCUT2D eigenvalue weighted by atomic mass is 9.81. The van der Waals surface area contributed by atoms with Crippen molar-refractivity contribution in [2.24, 2.45) is 11.8 Å². The Morgan fingerprint density at radius 3 is 2.00 bits per heavy atom. The van der Waals surface area contributed by atoms with Gasteiger partial charge in [-0.1, -0.05) is 23.2 Å². The molecule has 5 rings (SSSR count). The molecule has 0 radical (unpaired) electrons. The van der Waals surface area contributed by atoms with Crippen LogP contribution in [0.15, 0.2) is 36.7 Å². The second-order valence-corrected chi connectivity index (χ2v) is 7.51. The van der Waals surface area contributed by atoms with Crippen molar-refractivity contribution < 1.29 is 14.3 Å². The summed E-state index contributed by atoms with van der Waals surface area (Å²) in [6, 6.07) is 7.03. The van der Waals surface area contributed by atoms with Crippen LogP contribution in [0.1, 0.15) is 12.8 Å². The quantitative estimate of drug-likeness (QED) is 0.754. The molecular formula is C18H14Cl2N2O3. The Labute approximate surface area is 154 Å². The molecule has 128 valence electrons. The average Bonchev–Trinajstić information content (AvgIpc) is 3.35. The minimum absolute atomic E-state index is 0.148. The Bertz CT molecular complexity index is 868. The Kier molecular flexibility index (Phi) is 3.29. The number of amides is 2. The van der Waals surface area contributed by atoms with E-state index in [1.165, 1.54) is 4.90 Å². The first-order valence-corrected chi connectivity index (χ1v) is 8.97. The predicted molar refractivity (Wildman–Crippen MR) is 93.2 cm³/mol. The monoisotopic (exact) mass is 376 g/mol. The first-order valence-electron chi connectivity index (χ1n) is 8.22. The number of hydrogen-bond acceptors (Lipinski definition) is 3. The SMILES string of the molecule is O=C1C2C3CCC(O3)C2C(=O)N1c1cc(Cl)c(-n2cccc2)cc1Cl. The summed E-state index contributed by atoms with van der Waals surface area (Å²) in [7, 11) is 0. The second kappa shape index (κ2) is 5.34. The molecule has 5 nitrogen and oxygen atoms in total. The molecule has 4 unspecified atom stereocenters. The van der Waals surface area contributed by atoms with Crippen molar-refractivity contribution in [2.75, 3.05) is 4.90 Å². The Morgan fingerprint density at radius 2 is 1.40 bits per heavy atom. The number of benzene rings is 1. The summed E-state index contributed by atoms with van der Waals surface area (Å²) in [6.07, 6.45) is 5.07. The highest BCUT2D eigenvalue weighted by Gasteiger charge is 2.62. The zero-order valence-electron chi connectivity index (χ0n) is 13.1. The largest absolute Gasteiger partial charge is 0.373 e. The van der Waals surface area contributed by atoms with Gasteiger partial charge in [0.1, 0.15) is 0 Å². The third kappa shape index (κ3) is 2.06. The third-order valence-electron chi connectivity index (χ3n) is 5.42. The van der Waals surface area contributed by atoms with E-state index >= 15 is 0 Å². The van der Waals surface area contributed by atoms with Crippen molar-refractivity contribution in [3.05, 3.63) is 46.7 Å². The van der Waals surface area contributed by atoms with Gasteiger partial charge in [0, 0.05) is 12.4 Å². The highest BCUT2D eigenvalue weighted by Crippen LogP contribution is 2.50. The van der Waals surface area contributed by atoms with Gasteiger partial charge < -0.3 is 9.30 Å². The van der Waals surface area contributed by atoms with Gasteiger partial charge in [-0.3, -0.25) is 9.59 Å². The molecule has 7 heteroatoms. The lowest BCUT2D eigenvalue weighted by Crippen LogP contribution is -2.34. The first-order chi connectivity index (χ1) is 12.1. The average molecular weight is 377 g/mol. The Hall–Kier alpha value is -1.82. The fraction of sp³-hybridized carbons (Fsp3) is 0.333. The number of fused-ring (bicyclic) bond motifs is 5. The van der Waals surface area contributed by atoms with Gasteiger partial charge in [-0.05, 0) is 37.1 Å². The van der Waals surface area contributed by atoms with Crippen molar-refractivity contribution in [3.8, 4) is 5.69 Å². The van der Waals surface area contributed by atoms with Gasteiger partial charge in [0.15, 0.2) is 0 Å². The molecule has 4 atom stereocenters. The number of hydrogen-bond donors (Lipinski definition) is 0. The highest BCUT2D eigenvalue weighted by atomic mass is 35.5. The zero-order valence-corrected chi connectivity index (χ0v) is 14.6. The minimum Gasteiger partial charge on any atom is -0.373 e. The molecule has 3 aliphatic heterocycles. The van der Waals surface area contributed by atoms with Crippen LogP contribution < -0.4 is 4.90 Å². The number of imide groups is 1. The van der Waals surface area contributed by atoms with Gasteiger partial charge in [0.05, 0.1) is 45.5 Å². The Balaban J connectivity index is 1.57. The molecule has 2 bridgehead atoms. The van der Waals surface area contributed by atoms with Crippen LogP contribution in [0.25, 0.3) is 5.69 Å². The molecule has 0 N–H and O–H groups in total. The summed E-state index contributed by atoms with van der Waals surface area (Å²) in [5.41, 5.74) is 1.05. The van der Waals surface area contributed by atoms with Crippen molar-refractivity contribution in [1.29, 1.82) is 0 Å². The van der Waals surface area contributed by atoms with Gasteiger partial charge in [0.25, 0.3) is 0 Å². The number of rotatable bonds is 2. The van der Waals surface area contributed by atoms with Gasteiger partial charge >= 0.3 is 0 Å². The summed E-state index contributed by atoms with van der Waals surface area (Å²) >= 11 is 12.8. The minimum atomic E-state index is -0.384. The molecule has 3 aliphatic rings. The highest BCUT2D eigenvalue weighted by molar-refractivity contribution is 6.38. The van der Waals surface area contributed by atoms with E-state index in [2.05, 4.69) is 0 Å². The van der Waals surface area contributed by atoms with E-state index in [-0.39, 0.29) is 35.9 Å². The number of halogens is 2. The van der Waals surface area contributed by atoms with Crippen LogP contribution in [0, 0.1) is 11.8 Å². The molecular weight excluding hydrogens is 363 g/mol. The number of ether oxygens (including phenoxy) is 1. The van der Waals surface area contributed by atoms with Crippen LogP contribution in [0.3, 0.4) is 0 Å². The molecule has 2 aromatic rings. The molecule has 2 amide bonds. The maximum Gasteiger partial charge on any atom is 0.240 e. The van der Waals surface area contributed by atoms with Crippen LogP contribution in [0.2, 0.25) is 10.0 Å². The van der Waals surface area contributed by atoms with Crippen LogP contribution >= 0.6 is 23.2 Å². The van der Waals surface area contributed by atoms with Crippen molar-refractivity contribution in [1.82, 2.24) is 4.57 Å². The van der Waals surface area contributed by atoms with E-state index in [0.717, 1.165) is 12.8 Å². The van der Waals surface area contributed by atoms with E-state index in [0.29, 0.717) is 21.4 Å². The molecule has 0 spiro atoms. The predicted octanol–water partition coefficient (Wildman–Crippen LogP) is 3.45. The summed E-state index contributed by atoms with van der Waals surface area (Å²) < 4.78 is 7.58. The molecule has 4 heterocycles. The topological polar surface area (TPSA) is 51.5 Å². The molecule has 3 saturated heterocycles.